The number of halogens is 2. The van der Waals surface area contributed by atoms with Crippen LogP contribution in [0.25, 0.3) is 0 Å². The minimum atomic E-state index is -0.396. The Morgan fingerprint density at radius 3 is 1.84 bits per heavy atom. The van der Waals surface area contributed by atoms with Crippen molar-refractivity contribution in [3.05, 3.63) is 24.8 Å². The van der Waals surface area contributed by atoms with Crippen LogP contribution < -0.4 is 14.5 Å². The topological polar surface area (TPSA) is 80.7 Å². The molecule has 134 valence electrons. The van der Waals surface area contributed by atoms with Gasteiger partial charge >= 0.3 is 12.0 Å². The van der Waals surface area contributed by atoms with E-state index in [0.29, 0.717) is 23.2 Å². The molecule has 0 amide bonds. The molecule has 1 aromatic carbocycles. The number of nitrogens with zero attached hydrogens (tertiary/aromatic N) is 5. The fourth-order valence-electron chi connectivity index (χ4n) is 1.77. The molecule has 0 bridgehead atoms. The lowest BCUT2D eigenvalue weighted by Gasteiger charge is -2.17. The van der Waals surface area contributed by atoms with Gasteiger partial charge in [0, 0.05) is 28.2 Å². The number of hydrogen-bond acceptors (Lipinski definition) is 8. The first-order valence-electron chi connectivity index (χ1n) is 7.09. The number of aromatic nitrogens is 3. The molecular formula is C15H17I2N5O3. The third kappa shape index (κ3) is 4.80. The van der Waals surface area contributed by atoms with E-state index in [1.807, 2.05) is 28.2 Å². The first-order valence-corrected chi connectivity index (χ1v) is 9.24. The molecule has 0 fully saturated rings. The van der Waals surface area contributed by atoms with Gasteiger partial charge in [0.25, 0.3) is 0 Å². The van der Waals surface area contributed by atoms with Crippen LogP contribution in [0.2, 0.25) is 0 Å². The molecule has 0 radical (unpaired) electrons. The van der Waals surface area contributed by atoms with Crippen molar-refractivity contribution in [2.75, 3.05) is 45.1 Å². The number of rotatable bonds is 5. The largest absolute Gasteiger partial charge is 0.465 e. The van der Waals surface area contributed by atoms with Gasteiger partial charge in [-0.1, -0.05) is 0 Å². The third-order valence-corrected chi connectivity index (χ3v) is 4.61. The van der Waals surface area contributed by atoms with Crippen molar-refractivity contribution in [3.8, 4) is 11.8 Å². The van der Waals surface area contributed by atoms with Crippen molar-refractivity contribution in [1.29, 1.82) is 0 Å². The lowest BCUT2D eigenvalue weighted by atomic mass is 10.2. The molecule has 0 N–H and O–H groups in total. The van der Waals surface area contributed by atoms with Crippen molar-refractivity contribution in [2.24, 2.45) is 0 Å². The Morgan fingerprint density at radius 1 is 0.960 bits per heavy atom. The molecule has 0 aliphatic rings. The summed E-state index contributed by atoms with van der Waals surface area (Å²) in [6, 6.07) is 3.58. The number of methoxy groups -OCH3 is 1. The van der Waals surface area contributed by atoms with Crippen LogP contribution in [0.4, 0.5) is 11.9 Å². The minimum Gasteiger partial charge on any atom is -0.465 e. The summed E-state index contributed by atoms with van der Waals surface area (Å²) in [5.41, 5.74) is 0.460. The first-order chi connectivity index (χ1) is 11.7. The highest BCUT2D eigenvalue weighted by atomic mass is 127. The monoisotopic (exact) mass is 569 g/mol. The second-order valence-electron chi connectivity index (χ2n) is 5.37. The van der Waals surface area contributed by atoms with Gasteiger partial charge in [-0.15, -0.1) is 0 Å². The molecule has 0 saturated carbocycles. The summed E-state index contributed by atoms with van der Waals surface area (Å²) in [7, 11) is 8.73. The Morgan fingerprint density at radius 2 is 1.44 bits per heavy atom. The Kier molecular flexibility index (Phi) is 6.59. The quantitative estimate of drug-likeness (QED) is 0.402. The molecule has 0 saturated heterocycles. The molecule has 2 rings (SSSR count). The maximum absolute atomic E-state index is 11.7. The van der Waals surface area contributed by atoms with Crippen molar-refractivity contribution in [3.63, 3.8) is 0 Å². The number of hydrogen-bond donors (Lipinski definition) is 0. The van der Waals surface area contributed by atoms with E-state index >= 15 is 0 Å². The van der Waals surface area contributed by atoms with E-state index in [2.05, 4.69) is 60.1 Å². The molecule has 25 heavy (non-hydrogen) atoms. The predicted octanol–water partition coefficient (Wildman–Crippen LogP) is 2.79. The highest BCUT2D eigenvalue weighted by molar-refractivity contribution is 14.1. The Labute approximate surface area is 173 Å². The smallest absolute Gasteiger partial charge is 0.337 e. The second-order valence-corrected chi connectivity index (χ2v) is 7.69. The van der Waals surface area contributed by atoms with Crippen LogP contribution in [0.1, 0.15) is 10.4 Å². The fourth-order valence-corrected chi connectivity index (χ4v) is 3.75. The molecule has 0 spiro atoms. The molecule has 0 unspecified atom stereocenters. The highest BCUT2D eigenvalue weighted by Crippen LogP contribution is 2.32. The molecular weight excluding hydrogens is 552 g/mol. The third-order valence-electron chi connectivity index (χ3n) is 3.00. The van der Waals surface area contributed by atoms with E-state index < -0.39 is 5.97 Å². The van der Waals surface area contributed by atoms with E-state index in [4.69, 9.17) is 9.47 Å². The van der Waals surface area contributed by atoms with Crippen LogP contribution in [-0.2, 0) is 4.74 Å². The molecule has 8 nitrogen and oxygen atoms in total. The van der Waals surface area contributed by atoms with Gasteiger partial charge in [-0.3, -0.25) is 0 Å². The molecule has 0 aliphatic heterocycles. The van der Waals surface area contributed by atoms with Gasteiger partial charge in [0.2, 0.25) is 11.9 Å². The zero-order valence-electron chi connectivity index (χ0n) is 14.4. The summed E-state index contributed by atoms with van der Waals surface area (Å²) in [6.45, 7) is 0. The number of ether oxygens (including phenoxy) is 2. The zero-order chi connectivity index (χ0) is 18.7. The van der Waals surface area contributed by atoms with Gasteiger partial charge in [-0.25, -0.2) is 4.79 Å². The van der Waals surface area contributed by atoms with E-state index in [9.17, 15) is 4.79 Å². The summed E-state index contributed by atoms with van der Waals surface area (Å²) < 4.78 is 12.2. The van der Waals surface area contributed by atoms with Crippen LogP contribution in [0.5, 0.6) is 11.8 Å². The van der Waals surface area contributed by atoms with Gasteiger partial charge in [-0.05, 0) is 57.3 Å². The summed E-state index contributed by atoms with van der Waals surface area (Å²) in [6.07, 6.45) is 0. The number of benzene rings is 1. The summed E-state index contributed by atoms with van der Waals surface area (Å²) in [5, 5.41) is 0. The lowest BCUT2D eigenvalue weighted by molar-refractivity contribution is 0.0600. The van der Waals surface area contributed by atoms with Gasteiger partial charge in [0.15, 0.2) is 5.75 Å². The minimum absolute atomic E-state index is 0.184. The number of carbonyl (C=O) groups excluding carboxylic acids is 1. The fraction of sp³-hybridized carbons (Fsp3) is 0.333. The number of esters is 1. The van der Waals surface area contributed by atoms with Crippen LogP contribution in [-0.4, -0.2) is 56.2 Å². The molecule has 0 aliphatic carbocycles. The van der Waals surface area contributed by atoms with E-state index in [0.717, 1.165) is 7.14 Å². The van der Waals surface area contributed by atoms with Gasteiger partial charge in [0.1, 0.15) is 0 Å². The molecule has 1 heterocycles. The average Bonchev–Trinajstić information content (AvgIpc) is 2.56. The van der Waals surface area contributed by atoms with Crippen LogP contribution in [0.3, 0.4) is 0 Å². The van der Waals surface area contributed by atoms with E-state index in [1.165, 1.54) is 7.11 Å². The van der Waals surface area contributed by atoms with Crippen LogP contribution >= 0.6 is 45.2 Å². The predicted molar refractivity (Wildman–Crippen MR) is 112 cm³/mol. The Bertz CT molecular complexity index is 749. The molecule has 0 atom stereocenters. The maximum atomic E-state index is 11.7. The van der Waals surface area contributed by atoms with Crippen molar-refractivity contribution < 1.29 is 14.3 Å². The molecule has 10 heteroatoms. The van der Waals surface area contributed by atoms with Crippen molar-refractivity contribution >= 4 is 63.0 Å². The van der Waals surface area contributed by atoms with Crippen LogP contribution in [0, 0.1) is 7.14 Å². The summed E-state index contributed by atoms with van der Waals surface area (Å²) >= 11 is 4.21. The van der Waals surface area contributed by atoms with Crippen molar-refractivity contribution in [1.82, 2.24) is 15.0 Å². The Hall–Kier alpha value is -1.44. The standard InChI is InChI=1S/C15H17I2N5O3/c1-21(2)13-18-14(22(3)4)20-15(19-13)25-11-9(16)6-8(7-10(11)17)12(23)24-5/h6-7H,1-5H3. The van der Waals surface area contributed by atoms with Gasteiger partial charge < -0.3 is 19.3 Å². The average molecular weight is 569 g/mol. The highest BCUT2D eigenvalue weighted by Gasteiger charge is 2.17. The number of carbonyl (C=O) groups is 1. The normalized spacial score (nSPS) is 10.4. The van der Waals surface area contributed by atoms with Gasteiger partial charge in [-0.2, -0.15) is 15.0 Å². The molecule has 2 aromatic rings. The Balaban J connectivity index is 2.44. The first kappa shape index (κ1) is 19.9. The van der Waals surface area contributed by atoms with Crippen molar-refractivity contribution in [2.45, 2.75) is 0 Å². The zero-order valence-corrected chi connectivity index (χ0v) is 18.7. The van der Waals surface area contributed by atoms with E-state index in [1.54, 1.807) is 21.9 Å². The van der Waals surface area contributed by atoms with Gasteiger partial charge in [0.05, 0.1) is 19.8 Å². The maximum Gasteiger partial charge on any atom is 0.337 e. The summed E-state index contributed by atoms with van der Waals surface area (Å²) in [5.74, 6) is 1.16. The molecule has 1 aromatic heterocycles. The summed E-state index contributed by atoms with van der Waals surface area (Å²) in [4.78, 5) is 28.3. The SMILES string of the molecule is COC(=O)c1cc(I)c(Oc2nc(N(C)C)nc(N(C)C)n2)c(I)c1. The number of anilines is 2. The lowest BCUT2D eigenvalue weighted by Crippen LogP contribution is -2.19. The van der Waals surface area contributed by atoms with Crippen LogP contribution in [0.15, 0.2) is 12.1 Å². The van der Waals surface area contributed by atoms with E-state index in [-0.39, 0.29) is 6.01 Å². The second kappa shape index (κ2) is 8.29.